The maximum Gasteiger partial charge on any atom is 0.310 e. The number of hydrogen-bond donors (Lipinski definition) is 0. The highest BCUT2D eigenvalue weighted by Crippen LogP contribution is 2.20. The molecule has 0 fully saturated rings. The van der Waals surface area contributed by atoms with Crippen LogP contribution in [0.25, 0.3) is 0 Å². The smallest absolute Gasteiger partial charge is 0.310 e. The maximum atomic E-state index is 12.8. The van der Waals surface area contributed by atoms with E-state index < -0.39 is 5.92 Å². The Kier molecular flexibility index (Phi) is 7.34. The molecule has 1 amide bonds. The van der Waals surface area contributed by atoms with Gasteiger partial charge >= 0.3 is 5.97 Å². The van der Waals surface area contributed by atoms with Crippen LogP contribution in [-0.2, 0) is 20.9 Å². The van der Waals surface area contributed by atoms with E-state index >= 15 is 0 Å². The number of carbonyl (C=O) groups excluding carboxylic acids is 2. The summed E-state index contributed by atoms with van der Waals surface area (Å²) < 4.78 is 10.5. The summed E-state index contributed by atoms with van der Waals surface area (Å²) in [4.78, 5) is 30.3. The van der Waals surface area contributed by atoms with E-state index in [2.05, 4.69) is 4.98 Å². The molecule has 0 saturated heterocycles. The van der Waals surface area contributed by atoms with Crippen LogP contribution < -0.4 is 4.74 Å². The zero-order valence-corrected chi connectivity index (χ0v) is 16.3. The summed E-state index contributed by atoms with van der Waals surface area (Å²) in [6, 6.07) is 9.44. The fourth-order valence-corrected chi connectivity index (χ4v) is 2.68. The average molecular weight is 370 g/mol. The quantitative estimate of drug-likeness (QED) is 0.668. The van der Waals surface area contributed by atoms with Crippen molar-refractivity contribution in [1.82, 2.24) is 9.88 Å². The molecule has 6 nitrogen and oxygen atoms in total. The number of nitrogens with zero attached hydrogens (tertiary/aromatic N) is 2. The molecule has 0 saturated carbocycles. The van der Waals surface area contributed by atoms with Crippen molar-refractivity contribution in [1.29, 1.82) is 0 Å². The van der Waals surface area contributed by atoms with Gasteiger partial charge < -0.3 is 14.4 Å². The van der Waals surface area contributed by atoms with Crippen molar-refractivity contribution in [2.24, 2.45) is 5.92 Å². The lowest BCUT2D eigenvalue weighted by Crippen LogP contribution is -2.39. The van der Waals surface area contributed by atoms with E-state index in [1.54, 1.807) is 24.2 Å². The molecular formula is C21H26N2O4. The molecule has 0 aliphatic heterocycles. The second-order valence-electron chi connectivity index (χ2n) is 6.55. The zero-order chi connectivity index (χ0) is 19.8. The van der Waals surface area contributed by atoms with E-state index in [0.29, 0.717) is 12.3 Å². The molecular weight excluding hydrogens is 344 g/mol. The Hall–Kier alpha value is -2.89. The Balaban J connectivity index is 2.09. The van der Waals surface area contributed by atoms with Gasteiger partial charge in [0.15, 0.2) is 6.61 Å². The molecule has 0 N–H and O–H groups in total. The van der Waals surface area contributed by atoms with E-state index in [1.807, 2.05) is 44.2 Å². The lowest BCUT2D eigenvalue weighted by atomic mass is 10.1. The van der Waals surface area contributed by atoms with Crippen molar-refractivity contribution < 1.29 is 19.1 Å². The molecule has 0 aliphatic rings. The highest BCUT2D eigenvalue weighted by Gasteiger charge is 2.22. The van der Waals surface area contributed by atoms with Gasteiger partial charge in [-0.15, -0.1) is 0 Å². The molecule has 2 aromatic rings. The summed E-state index contributed by atoms with van der Waals surface area (Å²) in [6.45, 7) is 6.19. The SMILES string of the molecule is COC(=O)C(C)CN(Cc1cccnc1)C(=O)COc1cccc(C)c1C. The highest BCUT2D eigenvalue weighted by atomic mass is 16.5. The van der Waals surface area contributed by atoms with Gasteiger partial charge in [-0.3, -0.25) is 14.6 Å². The third-order valence-corrected chi connectivity index (χ3v) is 4.45. The standard InChI is InChI=1S/C21H26N2O4/c1-15-7-5-9-19(17(15)3)27-14-20(24)23(12-16(2)21(25)26-4)13-18-8-6-10-22-11-18/h5-11,16H,12-14H2,1-4H3. The average Bonchev–Trinajstić information content (AvgIpc) is 2.68. The van der Waals surface area contributed by atoms with Gasteiger partial charge in [-0.2, -0.15) is 0 Å². The lowest BCUT2D eigenvalue weighted by molar-refractivity contribution is -0.147. The summed E-state index contributed by atoms with van der Waals surface area (Å²) in [5.74, 6) is -0.299. The molecule has 1 aromatic heterocycles. The summed E-state index contributed by atoms with van der Waals surface area (Å²) >= 11 is 0. The highest BCUT2D eigenvalue weighted by molar-refractivity contribution is 5.79. The van der Waals surface area contributed by atoms with Crippen molar-refractivity contribution >= 4 is 11.9 Å². The van der Waals surface area contributed by atoms with Crippen LogP contribution in [0.4, 0.5) is 0 Å². The first-order valence-corrected chi connectivity index (χ1v) is 8.86. The van der Waals surface area contributed by atoms with Crippen LogP contribution in [0.3, 0.4) is 0 Å². The first-order valence-electron chi connectivity index (χ1n) is 8.86. The van der Waals surface area contributed by atoms with Crippen LogP contribution in [0.5, 0.6) is 5.75 Å². The number of methoxy groups -OCH3 is 1. The fourth-order valence-electron chi connectivity index (χ4n) is 2.68. The Morgan fingerprint density at radius 1 is 1.19 bits per heavy atom. The molecule has 144 valence electrons. The summed E-state index contributed by atoms with van der Waals surface area (Å²) in [7, 11) is 1.34. The third-order valence-electron chi connectivity index (χ3n) is 4.45. The minimum atomic E-state index is -0.434. The Bertz CT molecular complexity index is 777. The molecule has 1 heterocycles. The topological polar surface area (TPSA) is 68.7 Å². The summed E-state index contributed by atoms with van der Waals surface area (Å²) in [5, 5.41) is 0. The van der Waals surface area contributed by atoms with Gasteiger partial charge in [0.25, 0.3) is 5.91 Å². The van der Waals surface area contributed by atoms with Gasteiger partial charge in [-0.05, 0) is 42.7 Å². The van der Waals surface area contributed by atoms with Gasteiger partial charge in [0, 0.05) is 25.5 Å². The Morgan fingerprint density at radius 3 is 2.63 bits per heavy atom. The number of aromatic nitrogens is 1. The molecule has 6 heteroatoms. The number of aryl methyl sites for hydroxylation is 1. The Labute approximate surface area is 160 Å². The van der Waals surface area contributed by atoms with Crippen LogP contribution in [-0.4, -0.2) is 42.0 Å². The van der Waals surface area contributed by atoms with Crippen molar-refractivity contribution in [2.45, 2.75) is 27.3 Å². The van der Waals surface area contributed by atoms with Gasteiger partial charge in [-0.25, -0.2) is 0 Å². The maximum absolute atomic E-state index is 12.8. The predicted molar refractivity (Wildman–Crippen MR) is 102 cm³/mol. The van der Waals surface area contributed by atoms with Gasteiger partial charge in [0.05, 0.1) is 13.0 Å². The van der Waals surface area contributed by atoms with E-state index in [-0.39, 0.29) is 25.0 Å². The molecule has 0 bridgehead atoms. The first kappa shape index (κ1) is 20.4. The lowest BCUT2D eigenvalue weighted by Gasteiger charge is -2.25. The number of esters is 1. The number of rotatable bonds is 8. The molecule has 2 rings (SSSR count). The van der Waals surface area contributed by atoms with E-state index in [9.17, 15) is 9.59 Å². The van der Waals surface area contributed by atoms with Gasteiger partial charge in [0.2, 0.25) is 0 Å². The van der Waals surface area contributed by atoms with Crippen molar-refractivity contribution in [3.05, 3.63) is 59.4 Å². The van der Waals surface area contributed by atoms with Gasteiger partial charge in [0.1, 0.15) is 5.75 Å². The molecule has 1 aromatic carbocycles. The van der Waals surface area contributed by atoms with E-state index in [1.165, 1.54) is 7.11 Å². The number of hydrogen-bond acceptors (Lipinski definition) is 5. The van der Waals surface area contributed by atoms with Crippen molar-refractivity contribution in [2.75, 3.05) is 20.3 Å². The van der Waals surface area contributed by atoms with Crippen LogP contribution in [0.1, 0.15) is 23.6 Å². The molecule has 1 unspecified atom stereocenters. The number of benzene rings is 1. The molecule has 0 spiro atoms. The monoisotopic (exact) mass is 370 g/mol. The fraction of sp³-hybridized carbons (Fsp3) is 0.381. The number of ether oxygens (including phenoxy) is 2. The van der Waals surface area contributed by atoms with E-state index in [0.717, 1.165) is 16.7 Å². The number of amides is 1. The first-order chi connectivity index (χ1) is 12.9. The van der Waals surface area contributed by atoms with Gasteiger partial charge in [-0.1, -0.05) is 25.1 Å². The van der Waals surface area contributed by atoms with Crippen LogP contribution >= 0.6 is 0 Å². The molecule has 1 atom stereocenters. The van der Waals surface area contributed by atoms with E-state index in [4.69, 9.17) is 9.47 Å². The summed E-state index contributed by atoms with van der Waals surface area (Å²) in [5.41, 5.74) is 2.99. The van der Waals surface area contributed by atoms with Crippen LogP contribution in [0.2, 0.25) is 0 Å². The van der Waals surface area contributed by atoms with Crippen molar-refractivity contribution in [3.8, 4) is 5.75 Å². The van der Waals surface area contributed by atoms with Crippen molar-refractivity contribution in [3.63, 3.8) is 0 Å². The van der Waals surface area contributed by atoms with Crippen LogP contribution in [0, 0.1) is 19.8 Å². The minimum absolute atomic E-state index is 0.0988. The molecule has 27 heavy (non-hydrogen) atoms. The largest absolute Gasteiger partial charge is 0.483 e. The normalized spacial score (nSPS) is 11.6. The second kappa shape index (κ2) is 9.71. The van der Waals surface area contributed by atoms with Crippen LogP contribution in [0.15, 0.2) is 42.7 Å². The predicted octanol–water partition coefficient (Wildman–Crippen LogP) is 2.92. The minimum Gasteiger partial charge on any atom is -0.483 e. The second-order valence-corrected chi connectivity index (χ2v) is 6.55. The molecule has 0 aliphatic carbocycles. The number of carbonyl (C=O) groups is 2. The zero-order valence-electron chi connectivity index (χ0n) is 16.3. The number of pyridine rings is 1. The summed E-state index contributed by atoms with van der Waals surface area (Å²) in [6.07, 6.45) is 3.38. The third kappa shape index (κ3) is 5.81. The Morgan fingerprint density at radius 2 is 1.96 bits per heavy atom. The molecule has 0 radical (unpaired) electrons.